The Kier molecular flexibility index (Phi) is 9.07. The van der Waals surface area contributed by atoms with Crippen LogP contribution in [-0.4, -0.2) is 41.7 Å². The van der Waals surface area contributed by atoms with Crippen LogP contribution in [0.5, 0.6) is 11.5 Å². The number of benzene rings is 2. The van der Waals surface area contributed by atoms with Crippen molar-refractivity contribution in [3.8, 4) is 11.5 Å². The fourth-order valence-corrected chi connectivity index (χ4v) is 4.25. The lowest BCUT2D eigenvalue weighted by Crippen LogP contribution is -2.25. The molecule has 3 rings (SSSR count). The maximum Gasteiger partial charge on any atom is 0.346 e. The highest BCUT2D eigenvalue weighted by Gasteiger charge is 2.21. The number of esters is 1. The number of nitrogens with zero attached hydrogens (tertiary/aromatic N) is 3. The number of rotatable bonds is 9. The summed E-state index contributed by atoms with van der Waals surface area (Å²) in [5.74, 6) is 0.900. The molecule has 1 heterocycles. The molecule has 2 aromatic carbocycles. The van der Waals surface area contributed by atoms with Gasteiger partial charge >= 0.3 is 5.97 Å². The lowest BCUT2D eigenvalue weighted by molar-refractivity contribution is -0.147. The van der Waals surface area contributed by atoms with E-state index < -0.39 is 12.1 Å². The van der Waals surface area contributed by atoms with Gasteiger partial charge < -0.3 is 14.2 Å². The molecule has 0 aliphatic heterocycles. The van der Waals surface area contributed by atoms with E-state index in [1.807, 2.05) is 32.9 Å². The first-order chi connectivity index (χ1) is 16.7. The summed E-state index contributed by atoms with van der Waals surface area (Å²) < 4.78 is 19.0. The van der Waals surface area contributed by atoms with Gasteiger partial charge in [-0.1, -0.05) is 29.8 Å². The second-order valence-corrected chi connectivity index (χ2v) is 9.62. The summed E-state index contributed by atoms with van der Waals surface area (Å²) in [4.78, 5) is 29.9. The molecule has 0 radical (unpaired) electrons. The van der Waals surface area contributed by atoms with E-state index in [9.17, 15) is 9.59 Å². The number of carbonyl (C=O) groups is 1. The van der Waals surface area contributed by atoms with Gasteiger partial charge in [-0.3, -0.25) is 4.79 Å². The van der Waals surface area contributed by atoms with Crippen molar-refractivity contribution in [3.63, 3.8) is 0 Å². The standard InChI is InChI=1S/C25H27Br2N3O5/c1-6-14(3)23-29-20-9-8-17(26)12-18(20)24(31)30(23)28-13-16-10-19(27)22(21(11-16)34-7-2)35-15(4)25(32)33-5/h8-15H,6-7H2,1-5H3/t14-,15+/m0/s1. The fraction of sp³-hybridized carbons (Fsp3) is 0.360. The lowest BCUT2D eigenvalue weighted by Gasteiger charge is -2.18. The molecule has 0 fully saturated rings. The summed E-state index contributed by atoms with van der Waals surface area (Å²) in [6, 6.07) is 8.93. The summed E-state index contributed by atoms with van der Waals surface area (Å²) in [5.41, 5.74) is 1.04. The summed E-state index contributed by atoms with van der Waals surface area (Å²) in [7, 11) is 1.30. The zero-order valence-electron chi connectivity index (χ0n) is 20.2. The molecule has 8 nitrogen and oxygen atoms in total. The van der Waals surface area contributed by atoms with E-state index in [1.54, 1.807) is 31.3 Å². The Morgan fingerprint density at radius 2 is 1.94 bits per heavy atom. The molecule has 0 N–H and O–H groups in total. The largest absolute Gasteiger partial charge is 0.490 e. The van der Waals surface area contributed by atoms with E-state index in [4.69, 9.17) is 19.2 Å². The molecule has 186 valence electrons. The second-order valence-electron chi connectivity index (χ2n) is 7.85. The minimum absolute atomic E-state index is 0.0224. The Hall–Kier alpha value is -2.72. The average Bonchev–Trinajstić information content (AvgIpc) is 2.84. The third-order valence-corrected chi connectivity index (χ3v) is 6.45. The highest BCUT2D eigenvalue weighted by molar-refractivity contribution is 9.10. The first-order valence-electron chi connectivity index (χ1n) is 11.2. The second kappa shape index (κ2) is 11.8. The monoisotopic (exact) mass is 607 g/mol. The molecule has 0 amide bonds. The van der Waals surface area contributed by atoms with Crippen LogP contribution in [0.2, 0.25) is 0 Å². The molecular formula is C25H27Br2N3O5. The number of halogens is 2. The Bertz CT molecular complexity index is 1320. The maximum atomic E-state index is 13.3. The van der Waals surface area contributed by atoms with Crippen molar-refractivity contribution in [1.82, 2.24) is 9.66 Å². The van der Waals surface area contributed by atoms with Crippen LogP contribution in [0.3, 0.4) is 0 Å². The molecule has 35 heavy (non-hydrogen) atoms. The zero-order valence-corrected chi connectivity index (χ0v) is 23.3. The predicted octanol–water partition coefficient (Wildman–Crippen LogP) is 5.66. The minimum Gasteiger partial charge on any atom is -0.490 e. The first kappa shape index (κ1) is 26.9. The molecule has 10 heteroatoms. The molecule has 0 aliphatic rings. The Balaban J connectivity index is 2.09. The summed E-state index contributed by atoms with van der Waals surface area (Å²) in [5, 5.41) is 4.98. The van der Waals surface area contributed by atoms with E-state index >= 15 is 0 Å². The van der Waals surface area contributed by atoms with Crippen LogP contribution in [0, 0.1) is 0 Å². The maximum absolute atomic E-state index is 13.3. The molecule has 1 aromatic heterocycles. The van der Waals surface area contributed by atoms with Crippen molar-refractivity contribution in [2.75, 3.05) is 13.7 Å². The molecule has 0 aliphatic carbocycles. The first-order valence-corrected chi connectivity index (χ1v) is 12.8. The zero-order chi connectivity index (χ0) is 25.7. The van der Waals surface area contributed by atoms with E-state index in [0.29, 0.717) is 44.9 Å². The average molecular weight is 609 g/mol. The molecule has 0 bridgehead atoms. The molecular weight excluding hydrogens is 582 g/mol. The molecule has 2 atom stereocenters. The van der Waals surface area contributed by atoms with Crippen molar-refractivity contribution in [2.45, 2.75) is 46.1 Å². The summed E-state index contributed by atoms with van der Waals surface area (Å²) in [6.07, 6.45) is 1.54. The number of aromatic nitrogens is 2. The third kappa shape index (κ3) is 6.10. The normalized spacial score (nSPS) is 13.1. The molecule has 0 spiro atoms. The van der Waals surface area contributed by atoms with Crippen LogP contribution in [0.4, 0.5) is 0 Å². The van der Waals surface area contributed by atoms with E-state index in [1.165, 1.54) is 11.8 Å². The van der Waals surface area contributed by atoms with Gasteiger partial charge in [0.1, 0.15) is 5.82 Å². The lowest BCUT2D eigenvalue weighted by atomic mass is 10.1. The number of hydrogen-bond acceptors (Lipinski definition) is 7. The van der Waals surface area contributed by atoms with Crippen LogP contribution in [0.1, 0.15) is 51.4 Å². The Morgan fingerprint density at radius 1 is 1.20 bits per heavy atom. The number of fused-ring (bicyclic) bond motifs is 1. The van der Waals surface area contributed by atoms with E-state index in [0.717, 1.165) is 10.9 Å². The highest BCUT2D eigenvalue weighted by atomic mass is 79.9. The molecule has 3 aromatic rings. The van der Waals surface area contributed by atoms with E-state index in [2.05, 4.69) is 37.0 Å². The van der Waals surface area contributed by atoms with Gasteiger partial charge in [0.05, 0.1) is 35.3 Å². The number of ether oxygens (including phenoxy) is 3. The van der Waals surface area contributed by atoms with Gasteiger partial charge in [0.15, 0.2) is 17.6 Å². The predicted molar refractivity (Wildman–Crippen MR) is 143 cm³/mol. The smallest absolute Gasteiger partial charge is 0.346 e. The fourth-order valence-electron chi connectivity index (χ4n) is 3.33. The van der Waals surface area contributed by atoms with E-state index in [-0.39, 0.29) is 11.5 Å². The van der Waals surface area contributed by atoms with Gasteiger partial charge in [0.25, 0.3) is 5.56 Å². The molecule has 0 unspecified atom stereocenters. The van der Waals surface area contributed by atoms with Gasteiger partial charge in [-0.05, 0) is 72.1 Å². The summed E-state index contributed by atoms with van der Waals surface area (Å²) >= 11 is 6.91. The molecule has 0 saturated heterocycles. The third-order valence-electron chi connectivity index (χ3n) is 5.37. The van der Waals surface area contributed by atoms with Crippen LogP contribution in [0.25, 0.3) is 10.9 Å². The SMILES string of the molecule is CCOc1cc(C=Nn2c([C@@H](C)CC)nc3ccc(Br)cc3c2=O)cc(Br)c1O[C@H](C)C(=O)OC. The van der Waals surface area contributed by atoms with Crippen LogP contribution >= 0.6 is 31.9 Å². The highest BCUT2D eigenvalue weighted by Crippen LogP contribution is 2.37. The Morgan fingerprint density at radius 3 is 2.60 bits per heavy atom. The van der Waals surface area contributed by atoms with Crippen LogP contribution < -0.4 is 15.0 Å². The Labute approximate surface area is 220 Å². The number of carbonyl (C=O) groups excluding carboxylic acids is 1. The van der Waals surface area contributed by atoms with Gasteiger partial charge in [-0.2, -0.15) is 9.78 Å². The van der Waals surface area contributed by atoms with Crippen molar-refractivity contribution >= 4 is 54.9 Å². The topological polar surface area (TPSA) is 92.0 Å². The van der Waals surface area contributed by atoms with Crippen molar-refractivity contribution in [3.05, 3.63) is 61.0 Å². The molecule has 0 saturated carbocycles. The van der Waals surface area contributed by atoms with Gasteiger partial charge in [-0.15, -0.1) is 0 Å². The minimum atomic E-state index is -0.824. The number of hydrogen-bond donors (Lipinski definition) is 0. The van der Waals surface area contributed by atoms with Gasteiger partial charge in [0.2, 0.25) is 0 Å². The van der Waals surface area contributed by atoms with Gasteiger partial charge in [0, 0.05) is 10.4 Å². The summed E-state index contributed by atoms with van der Waals surface area (Å²) in [6.45, 7) is 7.88. The number of methoxy groups -OCH3 is 1. The van der Waals surface area contributed by atoms with Crippen molar-refractivity contribution in [1.29, 1.82) is 0 Å². The van der Waals surface area contributed by atoms with Gasteiger partial charge in [-0.25, -0.2) is 9.78 Å². The van der Waals surface area contributed by atoms with Crippen LogP contribution in [-0.2, 0) is 9.53 Å². The quantitative estimate of drug-likeness (QED) is 0.230. The van der Waals surface area contributed by atoms with Crippen LogP contribution in [0.15, 0.2) is 49.2 Å². The van der Waals surface area contributed by atoms with Crippen molar-refractivity contribution < 1.29 is 19.0 Å². The van der Waals surface area contributed by atoms with Crippen molar-refractivity contribution in [2.24, 2.45) is 5.10 Å².